The van der Waals surface area contributed by atoms with Crippen molar-refractivity contribution < 1.29 is 125 Å². The SMILES string of the molecule is CCOC(=O)c1ccc(CC(CCC(=O)NO)C(=O)OC(C)(C)C)cc1.CCOC(=O)c1ccc(CC(CCC(=O)NOC(C)=O)C(=O)O)cc1.CCOC(=O)c1ccc(CC(CCC(=O)NOC(C)=O)C(=O)OC(C)(C)C)cc1.CCOC(=O)c1ccc(CC(CCC(=O)O)C(=O)OC(C)(C)C)cc1. The number of rotatable bonds is 32. The minimum atomic E-state index is -1.03. The van der Waals surface area contributed by atoms with Crippen LogP contribution in [-0.2, 0) is 116 Å². The van der Waals surface area contributed by atoms with Gasteiger partial charge in [0.05, 0.1) is 72.4 Å². The molecule has 4 atom stereocenters. The highest BCUT2D eigenvalue weighted by atomic mass is 16.7. The lowest BCUT2D eigenvalue weighted by atomic mass is 9.94. The minimum Gasteiger partial charge on any atom is -0.481 e. The van der Waals surface area contributed by atoms with E-state index in [-0.39, 0.29) is 71.0 Å². The molecule has 4 rings (SSSR count). The zero-order valence-corrected chi connectivity index (χ0v) is 62.6. The molecule has 0 radical (unpaired) electrons. The molecule has 3 amide bonds. The first kappa shape index (κ1) is 92.4. The summed E-state index contributed by atoms with van der Waals surface area (Å²) in [6.45, 7) is 26.3. The molecule has 0 fully saturated rings. The fourth-order valence-corrected chi connectivity index (χ4v) is 9.11. The van der Waals surface area contributed by atoms with Crippen LogP contribution in [0, 0.1) is 23.7 Å². The lowest BCUT2D eigenvalue weighted by Crippen LogP contribution is -2.31. The number of nitrogens with one attached hydrogen (secondary N) is 3. The molecule has 0 saturated carbocycles. The minimum absolute atomic E-state index is 0.00131. The summed E-state index contributed by atoms with van der Waals surface area (Å²) >= 11 is 0. The molecule has 578 valence electrons. The van der Waals surface area contributed by atoms with Crippen molar-refractivity contribution in [2.45, 2.75) is 198 Å². The van der Waals surface area contributed by atoms with Crippen LogP contribution in [0.15, 0.2) is 97.1 Å². The number of hydrogen-bond acceptors (Lipinski definition) is 24. The van der Waals surface area contributed by atoms with Crippen LogP contribution in [0.3, 0.4) is 0 Å². The summed E-state index contributed by atoms with van der Waals surface area (Å²) in [7, 11) is 0. The summed E-state index contributed by atoms with van der Waals surface area (Å²) in [5.41, 5.74) is 8.47. The fraction of sp³-hybridized carbons (Fsp3) is 0.500. The van der Waals surface area contributed by atoms with Gasteiger partial charge in [0.15, 0.2) is 0 Å². The first-order valence-corrected chi connectivity index (χ1v) is 34.2. The second-order valence-corrected chi connectivity index (χ2v) is 26.5. The van der Waals surface area contributed by atoms with E-state index < -0.39 is 124 Å². The summed E-state index contributed by atoms with van der Waals surface area (Å²) in [5.74, 6) is -10.3. The van der Waals surface area contributed by atoms with Crippen LogP contribution in [0.1, 0.15) is 219 Å². The largest absolute Gasteiger partial charge is 0.481 e. The monoisotopic (exact) mass is 1470 g/mol. The van der Waals surface area contributed by atoms with Crippen molar-refractivity contribution in [2.75, 3.05) is 26.4 Å². The molecular weight excluding hydrogens is 1370 g/mol. The van der Waals surface area contributed by atoms with E-state index in [9.17, 15) is 72.2 Å². The topological polar surface area (TPSA) is 419 Å². The fourth-order valence-electron chi connectivity index (χ4n) is 9.11. The molecule has 29 nitrogen and oxygen atoms in total. The highest BCUT2D eigenvalue weighted by Crippen LogP contribution is 2.25. The van der Waals surface area contributed by atoms with Crippen molar-refractivity contribution in [3.8, 4) is 0 Å². The number of aliphatic carboxylic acids is 2. The number of amides is 3. The molecule has 0 heterocycles. The van der Waals surface area contributed by atoms with E-state index in [4.69, 9.17) is 43.5 Å². The Hall–Kier alpha value is -10.6. The van der Waals surface area contributed by atoms with E-state index >= 15 is 0 Å². The standard InChI is InChI=1S/C21H29NO7.C19H27NO6.C19H26O6.C17H21NO7/c1-6-27-19(25)16-9-7-15(8-10-16)13-17(20(26)28-21(3,4)5)11-12-18(24)22-29-14(2)23;1-5-25-17(22)14-8-6-13(7-9-14)12-15(10-11-16(21)20-24)18(23)26-19(2,3)4;1-5-24-17(22)14-8-6-13(7-9-14)12-15(10-11-16(20)21)18(23)25-19(2,3)4;1-3-24-17(23)13-6-4-12(5-7-13)10-14(16(21)22)8-9-15(20)18-25-11(2)19/h7-10,17H,6,11-13H2,1-5H3,(H,22,24);6-9,15,24H,5,10-12H2,1-4H3,(H,20,21);6-9,15H,5,10-12H2,1-4H3,(H,20,21);4-7,14H,3,8-10H2,1-2H3,(H,18,20)(H,21,22). The van der Waals surface area contributed by atoms with Gasteiger partial charge in [-0.3, -0.25) is 53.2 Å². The molecule has 4 aromatic rings. The molecule has 6 N–H and O–H groups in total. The normalized spacial score (nSPS) is 11.9. The molecule has 0 bridgehead atoms. The van der Waals surface area contributed by atoms with Crippen LogP contribution < -0.4 is 16.4 Å². The van der Waals surface area contributed by atoms with E-state index in [0.717, 1.165) is 29.2 Å². The number of hydroxylamine groups is 3. The summed E-state index contributed by atoms with van der Waals surface area (Å²) in [4.78, 5) is 171. The number of hydrogen-bond donors (Lipinski definition) is 6. The van der Waals surface area contributed by atoms with Crippen molar-refractivity contribution >= 4 is 83.4 Å². The molecule has 29 heteroatoms. The molecule has 0 aliphatic rings. The van der Waals surface area contributed by atoms with E-state index in [1.807, 2.05) is 11.0 Å². The maximum atomic E-state index is 12.6. The van der Waals surface area contributed by atoms with E-state index in [0.29, 0.717) is 54.7 Å². The Kier molecular flexibility index (Phi) is 41.9. The van der Waals surface area contributed by atoms with E-state index in [1.165, 1.54) is 6.92 Å². The van der Waals surface area contributed by atoms with Crippen LogP contribution in [0.25, 0.3) is 0 Å². The van der Waals surface area contributed by atoms with Gasteiger partial charge in [0.1, 0.15) is 16.8 Å². The summed E-state index contributed by atoms with van der Waals surface area (Å²) in [5, 5.41) is 26.8. The van der Waals surface area contributed by atoms with Crippen molar-refractivity contribution in [2.24, 2.45) is 23.7 Å². The highest BCUT2D eigenvalue weighted by molar-refractivity contribution is 5.91. The van der Waals surface area contributed by atoms with Gasteiger partial charge >= 0.3 is 65.7 Å². The molecule has 0 aliphatic carbocycles. The van der Waals surface area contributed by atoms with E-state index in [2.05, 4.69) is 9.68 Å². The Morgan fingerprint density at radius 3 is 0.790 bits per heavy atom. The number of carbonyl (C=O) groups excluding carboxylic acids is 12. The summed E-state index contributed by atoms with van der Waals surface area (Å²) < 4.78 is 36.0. The van der Waals surface area contributed by atoms with Gasteiger partial charge in [0, 0.05) is 39.5 Å². The number of ether oxygens (including phenoxy) is 7. The van der Waals surface area contributed by atoms with Gasteiger partial charge in [-0.2, -0.15) is 11.0 Å². The number of carboxylic acid groups (broad SMARTS) is 2. The zero-order chi connectivity index (χ0) is 79.6. The Morgan fingerprint density at radius 2 is 0.581 bits per heavy atom. The van der Waals surface area contributed by atoms with Gasteiger partial charge in [-0.1, -0.05) is 48.5 Å². The number of esters is 7. The second kappa shape index (κ2) is 47.6. The van der Waals surface area contributed by atoms with Crippen LogP contribution in [0.4, 0.5) is 0 Å². The van der Waals surface area contributed by atoms with Gasteiger partial charge in [-0.25, -0.2) is 24.7 Å². The van der Waals surface area contributed by atoms with E-state index in [1.54, 1.807) is 193 Å². The predicted molar refractivity (Wildman–Crippen MR) is 378 cm³/mol. The lowest BCUT2D eigenvalue weighted by molar-refractivity contribution is -0.162. The maximum absolute atomic E-state index is 12.6. The van der Waals surface area contributed by atoms with Crippen LogP contribution >= 0.6 is 0 Å². The zero-order valence-electron chi connectivity index (χ0n) is 62.6. The van der Waals surface area contributed by atoms with Crippen LogP contribution in [-0.4, -0.2) is 142 Å². The van der Waals surface area contributed by atoms with Crippen molar-refractivity contribution in [1.82, 2.24) is 16.4 Å². The van der Waals surface area contributed by atoms with Gasteiger partial charge in [0.25, 0.3) is 11.8 Å². The third kappa shape index (κ3) is 42.0. The number of carboxylic acids is 2. The molecule has 4 unspecified atom stereocenters. The predicted octanol–water partition coefficient (Wildman–Crippen LogP) is 10.1. The number of benzene rings is 4. The van der Waals surface area contributed by atoms with Crippen LogP contribution in [0.5, 0.6) is 0 Å². The van der Waals surface area contributed by atoms with Gasteiger partial charge in [-0.15, -0.1) is 0 Å². The molecule has 105 heavy (non-hydrogen) atoms. The Balaban J connectivity index is 0.000000701. The van der Waals surface area contributed by atoms with Gasteiger partial charge in [0.2, 0.25) is 5.91 Å². The van der Waals surface area contributed by atoms with Crippen molar-refractivity contribution in [1.29, 1.82) is 0 Å². The average molecular weight is 1470 g/mol. The smallest absolute Gasteiger partial charge is 0.338 e. The molecule has 0 saturated heterocycles. The lowest BCUT2D eigenvalue weighted by Gasteiger charge is -2.24. The number of carbonyl (C=O) groups is 14. The molecule has 4 aromatic carbocycles. The summed E-state index contributed by atoms with van der Waals surface area (Å²) in [6.07, 6.45) is 1.77. The first-order valence-electron chi connectivity index (χ1n) is 34.2. The molecular formula is C76H103N3O26. The van der Waals surface area contributed by atoms with Gasteiger partial charge < -0.3 is 53.0 Å². The third-order valence-corrected chi connectivity index (χ3v) is 14.0. The highest BCUT2D eigenvalue weighted by Gasteiger charge is 2.30. The Labute approximate surface area is 612 Å². The Morgan fingerprint density at radius 1 is 0.352 bits per heavy atom. The quantitative estimate of drug-likeness (QED) is 0.0114. The molecule has 0 aromatic heterocycles. The average Bonchev–Trinajstić information content (AvgIpc) is 0.876. The van der Waals surface area contributed by atoms with Crippen molar-refractivity contribution in [3.05, 3.63) is 142 Å². The third-order valence-electron chi connectivity index (χ3n) is 14.0. The van der Waals surface area contributed by atoms with Crippen LogP contribution in [0.2, 0.25) is 0 Å². The van der Waals surface area contributed by atoms with Crippen molar-refractivity contribution in [3.63, 3.8) is 0 Å². The second-order valence-electron chi connectivity index (χ2n) is 26.5. The molecule has 0 spiro atoms. The Bertz CT molecular complexity index is 3480. The first-order chi connectivity index (χ1) is 49.1. The van der Waals surface area contributed by atoms with Gasteiger partial charge in [-0.05, 0) is 212 Å². The molecule has 0 aliphatic heterocycles. The maximum Gasteiger partial charge on any atom is 0.338 e. The summed E-state index contributed by atoms with van der Waals surface area (Å²) in [6, 6.07) is 26.7.